The number of methoxy groups -OCH3 is 1. The smallest absolute Gasteiger partial charge is 0.400 e. The molecule has 0 N–H and O–H groups in total. The summed E-state index contributed by atoms with van der Waals surface area (Å²) in [7, 11) is -2.24. The molecule has 1 aromatic carbocycles. The second-order valence-electron chi connectivity index (χ2n) is 3.40. The Kier molecular flexibility index (Phi) is 3.51. The molecule has 94 valence electrons. The molecule has 1 aromatic rings. The maximum absolute atomic E-state index is 10.8. The summed E-state index contributed by atoms with van der Waals surface area (Å²) < 4.78 is 41.0. The van der Waals surface area contributed by atoms with Gasteiger partial charge < -0.3 is 9.47 Å². The first-order valence-corrected chi connectivity index (χ1v) is 6.27. The Morgan fingerprint density at radius 1 is 1.29 bits per heavy atom. The van der Waals surface area contributed by atoms with E-state index in [4.69, 9.17) is 9.47 Å². The van der Waals surface area contributed by atoms with Crippen LogP contribution in [0.15, 0.2) is 24.3 Å². The molecule has 1 fully saturated rings. The van der Waals surface area contributed by atoms with Crippen molar-refractivity contribution in [2.24, 2.45) is 0 Å². The van der Waals surface area contributed by atoms with Gasteiger partial charge in [0.05, 0.1) is 13.7 Å². The molecule has 0 saturated carbocycles. The summed E-state index contributed by atoms with van der Waals surface area (Å²) in [4.78, 5) is 0. The van der Waals surface area contributed by atoms with Crippen LogP contribution in [-0.4, -0.2) is 34.8 Å². The molecule has 0 unspecified atom stereocenters. The van der Waals surface area contributed by atoms with E-state index in [0.717, 1.165) is 5.75 Å². The normalized spacial score (nSPS) is 22.3. The summed E-state index contributed by atoms with van der Waals surface area (Å²) in [5.74, 6) is 1.33. The average Bonchev–Trinajstić information content (AvgIpc) is 2.67. The summed E-state index contributed by atoms with van der Waals surface area (Å²) >= 11 is 0. The van der Waals surface area contributed by atoms with Gasteiger partial charge in [0.1, 0.15) is 24.2 Å². The molecule has 7 heteroatoms. The fourth-order valence-corrected chi connectivity index (χ4v) is 2.14. The Hall–Kier alpha value is -1.31. The SMILES string of the molecule is COc1ccc(OC[C@@H]2COS(=O)(=O)O2)cc1. The molecule has 0 aliphatic carbocycles. The van der Waals surface area contributed by atoms with Gasteiger partial charge in [-0.05, 0) is 24.3 Å². The lowest BCUT2D eigenvalue weighted by Crippen LogP contribution is -2.20. The Labute approximate surface area is 99.4 Å². The van der Waals surface area contributed by atoms with Crippen molar-refractivity contribution in [3.05, 3.63) is 24.3 Å². The lowest BCUT2D eigenvalue weighted by molar-refractivity contribution is 0.149. The maximum Gasteiger partial charge on any atom is 0.400 e. The number of rotatable bonds is 4. The van der Waals surface area contributed by atoms with Crippen molar-refractivity contribution in [1.82, 2.24) is 0 Å². The Balaban J connectivity index is 1.86. The van der Waals surface area contributed by atoms with Crippen molar-refractivity contribution in [3.63, 3.8) is 0 Å². The van der Waals surface area contributed by atoms with Crippen LogP contribution in [0.25, 0.3) is 0 Å². The predicted octanol–water partition coefficient (Wildman–Crippen LogP) is 0.734. The van der Waals surface area contributed by atoms with Gasteiger partial charge in [-0.2, -0.15) is 8.42 Å². The van der Waals surface area contributed by atoms with Gasteiger partial charge >= 0.3 is 10.4 Å². The van der Waals surface area contributed by atoms with Gasteiger partial charge in [0, 0.05) is 0 Å². The van der Waals surface area contributed by atoms with E-state index in [0.29, 0.717) is 5.75 Å². The summed E-state index contributed by atoms with van der Waals surface area (Å²) in [5, 5.41) is 0. The quantitative estimate of drug-likeness (QED) is 0.795. The molecule has 6 nitrogen and oxygen atoms in total. The molecule has 1 aliphatic heterocycles. The first-order chi connectivity index (χ1) is 8.09. The molecule has 2 rings (SSSR count). The molecule has 1 aliphatic rings. The van der Waals surface area contributed by atoms with Gasteiger partial charge in [0.25, 0.3) is 0 Å². The predicted molar refractivity (Wildman–Crippen MR) is 58.2 cm³/mol. The number of benzene rings is 1. The van der Waals surface area contributed by atoms with E-state index in [9.17, 15) is 8.42 Å². The van der Waals surface area contributed by atoms with Crippen molar-refractivity contribution in [2.75, 3.05) is 20.3 Å². The third-order valence-corrected chi connectivity index (χ3v) is 3.08. The zero-order chi connectivity index (χ0) is 12.3. The van der Waals surface area contributed by atoms with Crippen molar-refractivity contribution in [1.29, 1.82) is 0 Å². The van der Waals surface area contributed by atoms with Crippen LogP contribution in [0.1, 0.15) is 0 Å². The largest absolute Gasteiger partial charge is 0.497 e. The Morgan fingerprint density at radius 2 is 1.94 bits per heavy atom. The van der Waals surface area contributed by atoms with Gasteiger partial charge in [-0.3, -0.25) is 0 Å². The van der Waals surface area contributed by atoms with Crippen LogP contribution in [0, 0.1) is 0 Å². The molecule has 0 spiro atoms. The molecular weight excluding hydrogens is 248 g/mol. The molecule has 1 heterocycles. The highest BCUT2D eigenvalue weighted by Crippen LogP contribution is 2.19. The van der Waals surface area contributed by atoms with Crippen molar-refractivity contribution in [2.45, 2.75) is 6.10 Å². The lowest BCUT2D eigenvalue weighted by atomic mass is 10.3. The van der Waals surface area contributed by atoms with E-state index in [2.05, 4.69) is 8.37 Å². The minimum atomic E-state index is -3.81. The van der Waals surface area contributed by atoms with Gasteiger partial charge in [0.15, 0.2) is 0 Å². The second kappa shape index (κ2) is 4.91. The Bertz CT molecular complexity index is 466. The molecule has 0 aromatic heterocycles. The van der Waals surface area contributed by atoms with E-state index >= 15 is 0 Å². The highest BCUT2D eigenvalue weighted by molar-refractivity contribution is 7.82. The fraction of sp³-hybridized carbons (Fsp3) is 0.400. The minimum Gasteiger partial charge on any atom is -0.497 e. The Morgan fingerprint density at radius 3 is 2.47 bits per heavy atom. The van der Waals surface area contributed by atoms with Crippen molar-refractivity contribution < 1.29 is 26.3 Å². The van der Waals surface area contributed by atoms with Gasteiger partial charge in [-0.1, -0.05) is 0 Å². The molecule has 0 amide bonds. The number of hydrogen-bond acceptors (Lipinski definition) is 6. The topological polar surface area (TPSA) is 71.1 Å². The third kappa shape index (κ3) is 3.32. The summed E-state index contributed by atoms with van der Waals surface area (Å²) in [6, 6.07) is 6.95. The zero-order valence-electron chi connectivity index (χ0n) is 9.16. The first kappa shape index (κ1) is 12.2. The van der Waals surface area contributed by atoms with E-state index in [1.807, 2.05) is 0 Å². The van der Waals surface area contributed by atoms with Crippen molar-refractivity contribution >= 4 is 10.4 Å². The van der Waals surface area contributed by atoms with Gasteiger partial charge in [-0.25, -0.2) is 8.37 Å². The van der Waals surface area contributed by atoms with Gasteiger partial charge in [-0.15, -0.1) is 0 Å². The number of ether oxygens (including phenoxy) is 2. The minimum absolute atomic E-state index is 0.0154. The van der Waals surface area contributed by atoms with Gasteiger partial charge in [0.2, 0.25) is 0 Å². The maximum atomic E-state index is 10.8. The standard InChI is InChI=1S/C10H12O6S/c1-13-8-2-4-9(5-3-8)14-6-10-7-15-17(11,12)16-10/h2-5,10H,6-7H2,1H3/t10-/m1/s1. The van der Waals surface area contributed by atoms with Crippen LogP contribution in [0.4, 0.5) is 0 Å². The van der Waals surface area contributed by atoms with Crippen LogP contribution in [0.2, 0.25) is 0 Å². The van der Waals surface area contributed by atoms with E-state index in [1.165, 1.54) is 0 Å². The van der Waals surface area contributed by atoms with Crippen LogP contribution in [0.5, 0.6) is 11.5 Å². The molecule has 0 radical (unpaired) electrons. The molecule has 1 saturated heterocycles. The van der Waals surface area contributed by atoms with Crippen LogP contribution < -0.4 is 9.47 Å². The van der Waals surface area contributed by atoms with Crippen LogP contribution >= 0.6 is 0 Å². The molecule has 1 atom stereocenters. The second-order valence-corrected chi connectivity index (χ2v) is 4.64. The monoisotopic (exact) mass is 260 g/mol. The van der Waals surface area contributed by atoms with Crippen LogP contribution in [0.3, 0.4) is 0 Å². The van der Waals surface area contributed by atoms with E-state index in [1.54, 1.807) is 31.4 Å². The highest BCUT2D eigenvalue weighted by Gasteiger charge is 2.30. The van der Waals surface area contributed by atoms with Crippen LogP contribution in [-0.2, 0) is 18.8 Å². The summed E-state index contributed by atoms with van der Waals surface area (Å²) in [6.07, 6.45) is -0.595. The summed E-state index contributed by atoms with van der Waals surface area (Å²) in [6.45, 7) is 0.101. The molecular formula is C10H12O6S. The van der Waals surface area contributed by atoms with Crippen molar-refractivity contribution in [3.8, 4) is 11.5 Å². The first-order valence-electron chi connectivity index (χ1n) is 4.93. The van der Waals surface area contributed by atoms with E-state index < -0.39 is 16.5 Å². The molecule has 0 bridgehead atoms. The third-order valence-electron chi connectivity index (χ3n) is 2.15. The summed E-state index contributed by atoms with van der Waals surface area (Å²) in [5.41, 5.74) is 0. The number of hydrogen-bond donors (Lipinski definition) is 0. The molecule has 17 heavy (non-hydrogen) atoms. The average molecular weight is 260 g/mol. The highest BCUT2D eigenvalue weighted by atomic mass is 32.3. The fourth-order valence-electron chi connectivity index (χ4n) is 1.32. The van der Waals surface area contributed by atoms with E-state index in [-0.39, 0.29) is 13.2 Å². The lowest BCUT2D eigenvalue weighted by Gasteiger charge is -2.09. The zero-order valence-corrected chi connectivity index (χ0v) is 9.98.